The van der Waals surface area contributed by atoms with Crippen molar-refractivity contribution in [2.24, 2.45) is 0 Å². The fourth-order valence-electron chi connectivity index (χ4n) is 2.41. The van der Waals surface area contributed by atoms with Crippen molar-refractivity contribution in [3.63, 3.8) is 0 Å². The Kier molecular flexibility index (Phi) is 5.58. The number of halogens is 2. The fraction of sp³-hybridized carbons (Fsp3) is 0.167. The van der Waals surface area contributed by atoms with Gasteiger partial charge in [0.25, 0.3) is 5.91 Å². The molecule has 0 unspecified atom stereocenters. The number of aromatic nitrogens is 3. The van der Waals surface area contributed by atoms with Gasteiger partial charge in [-0.05, 0) is 49.1 Å². The van der Waals surface area contributed by atoms with E-state index in [1.807, 2.05) is 30.5 Å². The third-order valence-corrected chi connectivity index (χ3v) is 4.90. The molecule has 0 saturated carbocycles. The topological polar surface area (TPSA) is 59.8 Å². The quantitative estimate of drug-likeness (QED) is 0.668. The Labute approximate surface area is 159 Å². The molecule has 0 atom stereocenters. The van der Waals surface area contributed by atoms with Gasteiger partial charge < -0.3 is 5.32 Å². The van der Waals surface area contributed by atoms with E-state index < -0.39 is 5.82 Å². The minimum atomic E-state index is -0.515. The number of hydrogen-bond donors (Lipinski definition) is 1. The maximum Gasteiger partial charge on any atom is 0.274 e. The Morgan fingerprint density at radius 2 is 2.00 bits per heavy atom. The van der Waals surface area contributed by atoms with Gasteiger partial charge in [-0.2, -0.15) is 0 Å². The first-order valence-corrected chi connectivity index (χ1v) is 9.38. The highest BCUT2D eigenvalue weighted by Gasteiger charge is 2.17. The monoisotopic (exact) mass is 390 g/mol. The molecule has 1 N–H and O–H groups in total. The molecule has 0 aliphatic carbocycles. The molecule has 0 aliphatic heterocycles. The summed E-state index contributed by atoms with van der Waals surface area (Å²) in [5.41, 5.74) is 2.29. The Morgan fingerprint density at radius 1 is 1.27 bits per heavy atom. The van der Waals surface area contributed by atoms with E-state index in [1.165, 1.54) is 22.9 Å². The lowest BCUT2D eigenvalue weighted by Crippen LogP contribution is -2.24. The van der Waals surface area contributed by atoms with Crippen molar-refractivity contribution < 1.29 is 9.18 Å². The number of benzene rings is 2. The summed E-state index contributed by atoms with van der Waals surface area (Å²) in [7, 11) is 0. The first-order chi connectivity index (χ1) is 12.5. The van der Waals surface area contributed by atoms with Gasteiger partial charge in [0, 0.05) is 11.4 Å². The Balaban J connectivity index is 1.73. The number of rotatable bonds is 5. The van der Waals surface area contributed by atoms with Crippen LogP contribution in [0.5, 0.6) is 0 Å². The molecular weight excluding hydrogens is 375 g/mol. The maximum absolute atomic E-state index is 13.3. The van der Waals surface area contributed by atoms with E-state index in [4.69, 9.17) is 11.6 Å². The second-order valence-electron chi connectivity index (χ2n) is 5.56. The fourth-order valence-corrected chi connectivity index (χ4v) is 2.99. The van der Waals surface area contributed by atoms with Gasteiger partial charge in [-0.25, -0.2) is 9.07 Å². The lowest BCUT2D eigenvalue weighted by atomic mass is 10.2. The van der Waals surface area contributed by atoms with Crippen LogP contribution in [0.1, 0.15) is 21.7 Å². The van der Waals surface area contributed by atoms with Crippen LogP contribution in [0.3, 0.4) is 0 Å². The average molecular weight is 391 g/mol. The molecular formula is C18H16ClFN4OS. The molecule has 0 fully saturated rings. The molecule has 0 saturated heterocycles. The summed E-state index contributed by atoms with van der Waals surface area (Å²) in [6.07, 6.45) is 2.01. The van der Waals surface area contributed by atoms with E-state index >= 15 is 0 Å². The smallest absolute Gasteiger partial charge is 0.274 e. The largest absolute Gasteiger partial charge is 0.347 e. The van der Waals surface area contributed by atoms with E-state index in [0.29, 0.717) is 17.9 Å². The van der Waals surface area contributed by atoms with Gasteiger partial charge in [-0.15, -0.1) is 16.9 Å². The summed E-state index contributed by atoms with van der Waals surface area (Å²) in [6, 6.07) is 12.2. The summed E-state index contributed by atoms with van der Waals surface area (Å²) >= 11 is 7.47. The number of amides is 1. The molecule has 0 aliphatic rings. The van der Waals surface area contributed by atoms with Crippen LogP contribution >= 0.6 is 23.4 Å². The van der Waals surface area contributed by atoms with Crippen molar-refractivity contribution in [3.8, 4) is 5.69 Å². The molecule has 1 amide bonds. The molecule has 5 nitrogen and oxygen atoms in total. The molecule has 26 heavy (non-hydrogen) atoms. The predicted octanol–water partition coefficient (Wildman–Crippen LogP) is 4.02. The average Bonchev–Trinajstić information content (AvgIpc) is 3.04. The Bertz CT molecular complexity index is 943. The molecule has 3 rings (SSSR count). The van der Waals surface area contributed by atoms with Crippen molar-refractivity contribution >= 4 is 29.3 Å². The van der Waals surface area contributed by atoms with Gasteiger partial charge in [0.05, 0.1) is 16.4 Å². The standard InChI is InChI=1S/C18H16ClFN4OS/c1-11-17(18(25)21-10-12-3-6-14(26-2)7-4-12)22-23-24(11)13-5-8-16(20)15(19)9-13/h3-9H,10H2,1-2H3,(H,21,25). The van der Waals surface area contributed by atoms with Gasteiger partial charge in [-0.1, -0.05) is 28.9 Å². The Morgan fingerprint density at radius 3 is 2.65 bits per heavy atom. The molecule has 2 aromatic carbocycles. The molecule has 8 heteroatoms. The highest BCUT2D eigenvalue weighted by molar-refractivity contribution is 7.98. The van der Waals surface area contributed by atoms with Crippen molar-refractivity contribution in [2.45, 2.75) is 18.4 Å². The minimum absolute atomic E-state index is 0.0166. The maximum atomic E-state index is 13.3. The lowest BCUT2D eigenvalue weighted by Gasteiger charge is -2.06. The summed E-state index contributed by atoms with van der Waals surface area (Å²) in [5, 5.41) is 10.7. The normalized spacial score (nSPS) is 10.8. The van der Waals surface area contributed by atoms with Crippen molar-refractivity contribution in [3.05, 3.63) is 70.3 Å². The molecule has 1 aromatic heterocycles. The van der Waals surface area contributed by atoms with Crippen LogP contribution in [0.2, 0.25) is 5.02 Å². The van der Waals surface area contributed by atoms with Gasteiger partial charge in [0.15, 0.2) is 5.69 Å². The van der Waals surface area contributed by atoms with E-state index in [0.717, 1.165) is 10.5 Å². The van der Waals surface area contributed by atoms with E-state index in [2.05, 4.69) is 15.6 Å². The SMILES string of the molecule is CSc1ccc(CNC(=O)c2nnn(-c3ccc(F)c(Cl)c3)c2C)cc1. The highest BCUT2D eigenvalue weighted by atomic mass is 35.5. The number of nitrogens with one attached hydrogen (secondary N) is 1. The van der Waals surface area contributed by atoms with Crippen LogP contribution in [-0.4, -0.2) is 27.2 Å². The summed E-state index contributed by atoms with van der Waals surface area (Å²) in [4.78, 5) is 13.6. The Hall–Kier alpha value is -2.38. The number of thioether (sulfide) groups is 1. The van der Waals surface area contributed by atoms with Crippen LogP contribution < -0.4 is 5.32 Å². The zero-order valence-corrected chi connectivity index (χ0v) is 15.7. The van der Waals surface area contributed by atoms with E-state index in [1.54, 1.807) is 18.7 Å². The van der Waals surface area contributed by atoms with E-state index in [-0.39, 0.29) is 16.6 Å². The highest BCUT2D eigenvalue weighted by Crippen LogP contribution is 2.20. The predicted molar refractivity (Wildman–Crippen MR) is 100 cm³/mol. The van der Waals surface area contributed by atoms with Gasteiger partial charge in [0.1, 0.15) is 5.82 Å². The summed E-state index contributed by atoms with van der Waals surface area (Å²) < 4.78 is 14.8. The number of carbonyl (C=O) groups excluding carboxylic acids is 1. The van der Waals surface area contributed by atoms with Crippen molar-refractivity contribution in [2.75, 3.05) is 6.26 Å². The molecule has 3 aromatic rings. The van der Waals surface area contributed by atoms with Gasteiger partial charge in [0.2, 0.25) is 0 Å². The van der Waals surface area contributed by atoms with Crippen LogP contribution in [0.15, 0.2) is 47.4 Å². The number of carbonyl (C=O) groups is 1. The molecule has 0 bridgehead atoms. The second-order valence-corrected chi connectivity index (χ2v) is 6.85. The van der Waals surface area contributed by atoms with Crippen molar-refractivity contribution in [1.29, 1.82) is 0 Å². The van der Waals surface area contributed by atoms with Gasteiger partial charge >= 0.3 is 0 Å². The lowest BCUT2D eigenvalue weighted by molar-refractivity contribution is 0.0945. The first kappa shape index (κ1) is 18.4. The number of nitrogens with zero attached hydrogens (tertiary/aromatic N) is 3. The van der Waals surface area contributed by atoms with Gasteiger partial charge in [-0.3, -0.25) is 4.79 Å². The first-order valence-electron chi connectivity index (χ1n) is 7.78. The minimum Gasteiger partial charge on any atom is -0.347 e. The zero-order valence-electron chi connectivity index (χ0n) is 14.2. The summed E-state index contributed by atoms with van der Waals surface area (Å²) in [5.74, 6) is -0.838. The van der Waals surface area contributed by atoms with Crippen LogP contribution in [-0.2, 0) is 6.54 Å². The molecule has 1 heterocycles. The number of hydrogen-bond acceptors (Lipinski definition) is 4. The summed E-state index contributed by atoms with van der Waals surface area (Å²) in [6.45, 7) is 2.11. The van der Waals surface area contributed by atoms with E-state index in [9.17, 15) is 9.18 Å². The molecule has 0 spiro atoms. The third kappa shape index (κ3) is 3.89. The van der Waals surface area contributed by atoms with Crippen LogP contribution in [0.25, 0.3) is 5.69 Å². The molecule has 134 valence electrons. The molecule has 0 radical (unpaired) electrons. The van der Waals surface area contributed by atoms with Crippen LogP contribution in [0.4, 0.5) is 4.39 Å². The van der Waals surface area contributed by atoms with Crippen LogP contribution in [0, 0.1) is 12.7 Å². The zero-order chi connectivity index (χ0) is 18.7. The van der Waals surface area contributed by atoms with Crippen molar-refractivity contribution in [1.82, 2.24) is 20.3 Å². The second kappa shape index (κ2) is 7.88. The third-order valence-electron chi connectivity index (χ3n) is 3.87.